The molecule has 0 radical (unpaired) electrons. The van der Waals surface area contributed by atoms with E-state index in [9.17, 15) is 0 Å². The number of rotatable bonds is 1. The van der Waals surface area contributed by atoms with Crippen LogP contribution in [0, 0.1) is 41.5 Å². The summed E-state index contributed by atoms with van der Waals surface area (Å²) in [6, 6.07) is 9.07. The van der Waals surface area contributed by atoms with Gasteiger partial charge >= 0.3 is 0 Å². The summed E-state index contributed by atoms with van der Waals surface area (Å²) in [5, 5.41) is 0. The zero-order chi connectivity index (χ0) is 13.4. The lowest BCUT2D eigenvalue weighted by Gasteiger charge is -2.16. The van der Waals surface area contributed by atoms with Gasteiger partial charge in [-0.2, -0.15) is 0 Å². The zero-order valence-corrected chi connectivity index (χ0v) is 12.3. The summed E-state index contributed by atoms with van der Waals surface area (Å²) in [4.78, 5) is 0. The van der Waals surface area contributed by atoms with E-state index in [1.807, 2.05) is 0 Å². The van der Waals surface area contributed by atoms with E-state index >= 15 is 0 Å². The molecule has 0 saturated heterocycles. The van der Waals surface area contributed by atoms with Crippen LogP contribution in [-0.2, 0) is 0 Å². The molecule has 0 heterocycles. The molecular weight excluding hydrogens is 216 g/mol. The van der Waals surface area contributed by atoms with E-state index in [4.69, 9.17) is 0 Å². The Morgan fingerprint density at radius 3 is 1.61 bits per heavy atom. The Kier molecular flexibility index (Phi) is 3.30. The summed E-state index contributed by atoms with van der Waals surface area (Å²) in [5.74, 6) is 0. The largest absolute Gasteiger partial charge is 0.0584 e. The van der Waals surface area contributed by atoms with Gasteiger partial charge < -0.3 is 0 Å². The van der Waals surface area contributed by atoms with E-state index in [2.05, 4.69) is 65.8 Å². The Morgan fingerprint density at radius 2 is 1.11 bits per heavy atom. The van der Waals surface area contributed by atoms with Crippen LogP contribution in [0.3, 0.4) is 0 Å². The highest BCUT2D eigenvalue weighted by atomic mass is 14.2. The van der Waals surface area contributed by atoms with Crippen molar-refractivity contribution >= 4 is 0 Å². The molecule has 2 aromatic carbocycles. The number of hydrogen-bond acceptors (Lipinski definition) is 0. The molecule has 0 aromatic heterocycles. The van der Waals surface area contributed by atoms with Crippen molar-refractivity contribution in [1.29, 1.82) is 0 Å². The first-order chi connectivity index (χ1) is 8.41. The molecule has 2 rings (SSSR count). The second kappa shape index (κ2) is 4.61. The molecule has 94 valence electrons. The fourth-order valence-corrected chi connectivity index (χ4v) is 2.55. The fraction of sp³-hybridized carbons (Fsp3) is 0.333. The van der Waals surface area contributed by atoms with E-state index in [1.165, 1.54) is 44.5 Å². The maximum Gasteiger partial charge on any atom is -0.0120 e. The second-order valence-corrected chi connectivity index (χ2v) is 5.43. The maximum absolute atomic E-state index is 2.31. The third kappa shape index (κ3) is 2.08. The average Bonchev–Trinajstić information content (AvgIpc) is 2.31. The Balaban J connectivity index is 2.74. The Hall–Kier alpha value is -1.56. The van der Waals surface area contributed by atoms with Crippen LogP contribution in [0.2, 0.25) is 0 Å². The van der Waals surface area contributed by atoms with Gasteiger partial charge in [0.05, 0.1) is 0 Å². The smallest absolute Gasteiger partial charge is 0.0120 e. The molecule has 18 heavy (non-hydrogen) atoms. The van der Waals surface area contributed by atoms with Gasteiger partial charge in [-0.3, -0.25) is 0 Å². The monoisotopic (exact) mass is 238 g/mol. The van der Waals surface area contributed by atoms with Crippen LogP contribution in [0.25, 0.3) is 11.1 Å². The lowest BCUT2D eigenvalue weighted by atomic mass is 9.88. The van der Waals surface area contributed by atoms with Crippen molar-refractivity contribution in [2.24, 2.45) is 0 Å². The Bertz CT molecular complexity index is 578. The van der Waals surface area contributed by atoms with Crippen molar-refractivity contribution in [3.63, 3.8) is 0 Å². The van der Waals surface area contributed by atoms with E-state index in [-0.39, 0.29) is 0 Å². The molecule has 0 N–H and O–H groups in total. The predicted molar refractivity (Wildman–Crippen MR) is 80.3 cm³/mol. The third-order valence-corrected chi connectivity index (χ3v) is 4.16. The summed E-state index contributed by atoms with van der Waals surface area (Å²) in [7, 11) is 0. The number of hydrogen-bond donors (Lipinski definition) is 0. The van der Waals surface area contributed by atoms with Crippen LogP contribution in [-0.4, -0.2) is 0 Å². The highest BCUT2D eigenvalue weighted by molar-refractivity contribution is 5.74. The van der Waals surface area contributed by atoms with Crippen LogP contribution >= 0.6 is 0 Å². The highest BCUT2D eigenvalue weighted by Gasteiger charge is 2.10. The van der Waals surface area contributed by atoms with Crippen molar-refractivity contribution < 1.29 is 0 Å². The minimum Gasteiger partial charge on any atom is -0.0584 e. The van der Waals surface area contributed by atoms with Crippen molar-refractivity contribution in [3.05, 3.63) is 57.6 Å². The summed E-state index contributed by atoms with van der Waals surface area (Å²) >= 11 is 0. The first-order valence-corrected chi connectivity index (χ1v) is 6.57. The van der Waals surface area contributed by atoms with Crippen molar-refractivity contribution in [1.82, 2.24) is 0 Å². The minimum atomic E-state index is 1.35. The van der Waals surface area contributed by atoms with Gasteiger partial charge in [-0.05, 0) is 86.1 Å². The normalized spacial score (nSPS) is 10.8. The maximum atomic E-state index is 2.31. The van der Waals surface area contributed by atoms with E-state index in [0.29, 0.717) is 0 Å². The molecule has 0 heteroatoms. The fourth-order valence-electron chi connectivity index (χ4n) is 2.55. The van der Waals surface area contributed by atoms with Crippen molar-refractivity contribution in [2.45, 2.75) is 41.5 Å². The number of benzene rings is 2. The molecule has 2 aromatic rings. The molecule has 0 atom stereocenters. The molecule has 0 aliphatic carbocycles. The molecule has 0 aliphatic rings. The molecule has 0 bridgehead atoms. The van der Waals surface area contributed by atoms with Gasteiger partial charge in [0.2, 0.25) is 0 Å². The van der Waals surface area contributed by atoms with Gasteiger partial charge in [-0.15, -0.1) is 0 Å². The highest BCUT2D eigenvalue weighted by Crippen LogP contribution is 2.32. The molecule has 0 aliphatic heterocycles. The van der Waals surface area contributed by atoms with Gasteiger partial charge in [-0.25, -0.2) is 0 Å². The second-order valence-electron chi connectivity index (χ2n) is 5.43. The molecule has 0 saturated carbocycles. The predicted octanol–water partition coefficient (Wildman–Crippen LogP) is 5.20. The Morgan fingerprint density at radius 1 is 0.556 bits per heavy atom. The molecule has 0 amide bonds. The van der Waals surface area contributed by atoms with Crippen LogP contribution in [0.5, 0.6) is 0 Å². The van der Waals surface area contributed by atoms with Crippen molar-refractivity contribution in [2.75, 3.05) is 0 Å². The van der Waals surface area contributed by atoms with Crippen LogP contribution in [0.1, 0.15) is 33.4 Å². The summed E-state index contributed by atoms with van der Waals surface area (Å²) in [6.45, 7) is 13.2. The van der Waals surface area contributed by atoms with E-state index in [0.717, 1.165) is 0 Å². The zero-order valence-electron chi connectivity index (χ0n) is 12.3. The van der Waals surface area contributed by atoms with Crippen LogP contribution in [0.4, 0.5) is 0 Å². The molecule has 0 unspecified atom stereocenters. The lowest BCUT2D eigenvalue weighted by molar-refractivity contribution is 1.24. The topological polar surface area (TPSA) is 0 Å². The SMILES string of the molecule is Cc1ccc(-c2c(C)c(C)cc(C)c2C)cc1C. The quantitative estimate of drug-likeness (QED) is 0.640. The summed E-state index contributed by atoms with van der Waals surface area (Å²) in [6.07, 6.45) is 0. The van der Waals surface area contributed by atoms with Crippen LogP contribution < -0.4 is 0 Å². The van der Waals surface area contributed by atoms with E-state index in [1.54, 1.807) is 0 Å². The van der Waals surface area contributed by atoms with Gasteiger partial charge in [0.1, 0.15) is 0 Å². The molecular formula is C18H22. The molecule has 0 spiro atoms. The van der Waals surface area contributed by atoms with Gasteiger partial charge in [-0.1, -0.05) is 24.3 Å². The summed E-state index contributed by atoms with van der Waals surface area (Å²) in [5.41, 5.74) is 11.1. The summed E-state index contributed by atoms with van der Waals surface area (Å²) < 4.78 is 0. The third-order valence-electron chi connectivity index (χ3n) is 4.16. The average molecular weight is 238 g/mol. The van der Waals surface area contributed by atoms with E-state index < -0.39 is 0 Å². The first kappa shape index (κ1) is 12.9. The molecule has 0 nitrogen and oxygen atoms in total. The van der Waals surface area contributed by atoms with Crippen molar-refractivity contribution in [3.8, 4) is 11.1 Å². The number of aryl methyl sites for hydroxylation is 4. The lowest BCUT2D eigenvalue weighted by Crippen LogP contribution is -1.95. The van der Waals surface area contributed by atoms with Gasteiger partial charge in [0, 0.05) is 0 Å². The standard InChI is InChI=1S/C18H22/c1-11-7-8-17(10-12(11)2)18-15(5)13(3)9-14(4)16(18)6/h7-10H,1-6H3. The van der Waals surface area contributed by atoms with Crippen LogP contribution in [0.15, 0.2) is 24.3 Å². The van der Waals surface area contributed by atoms with Gasteiger partial charge in [0.15, 0.2) is 0 Å². The Labute approximate surface area is 111 Å². The molecule has 0 fully saturated rings. The minimum absolute atomic E-state index is 1.35. The van der Waals surface area contributed by atoms with Gasteiger partial charge in [0.25, 0.3) is 0 Å². The first-order valence-electron chi connectivity index (χ1n) is 6.57.